The molecule has 1 heteroatoms. The molecule has 4 rings (SSSR count). The Bertz CT molecular complexity index is 727. The third-order valence-corrected chi connectivity index (χ3v) is 8.54. The van der Waals surface area contributed by atoms with Crippen LogP contribution in [0, 0.1) is 35.0 Å². The van der Waals surface area contributed by atoms with Crippen molar-refractivity contribution in [2.24, 2.45) is 35.0 Å². The van der Waals surface area contributed by atoms with E-state index >= 15 is 0 Å². The van der Waals surface area contributed by atoms with Gasteiger partial charge in [0.2, 0.25) is 0 Å². The highest BCUT2D eigenvalue weighted by molar-refractivity contribution is 14.1. The minimum atomic E-state index is 0.272. The topological polar surface area (TPSA) is 0 Å². The molecule has 0 saturated heterocycles. The summed E-state index contributed by atoms with van der Waals surface area (Å²) in [6.45, 7) is 9.66. The van der Waals surface area contributed by atoms with Crippen LogP contribution in [0.1, 0.15) is 59.8 Å². The second-order valence-electron chi connectivity index (χ2n) is 9.40. The van der Waals surface area contributed by atoms with Gasteiger partial charge in [-0.2, -0.15) is 0 Å². The Labute approximate surface area is 173 Å². The lowest BCUT2D eigenvalue weighted by molar-refractivity contribution is 0.211. The van der Waals surface area contributed by atoms with Gasteiger partial charge in [0.05, 0.1) is 0 Å². The zero-order valence-electron chi connectivity index (χ0n) is 16.8. The minimum absolute atomic E-state index is 0.272. The van der Waals surface area contributed by atoms with Gasteiger partial charge in [0.1, 0.15) is 0 Å². The van der Waals surface area contributed by atoms with Crippen LogP contribution >= 0.6 is 22.6 Å². The molecule has 0 N–H and O–H groups in total. The number of hydrogen-bond donors (Lipinski definition) is 0. The first-order valence-corrected chi connectivity index (χ1v) is 11.6. The van der Waals surface area contributed by atoms with Crippen molar-refractivity contribution in [2.75, 3.05) is 0 Å². The van der Waals surface area contributed by atoms with E-state index in [1.807, 2.05) is 5.57 Å². The molecule has 4 aliphatic carbocycles. The molecular formula is C25H33I. The Morgan fingerprint density at radius 3 is 2.81 bits per heavy atom. The Kier molecular flexibility index (Phi) is 5.14. The maximum Gasteiger partial charge on any atom is 0.00904 e. The van der Waals surface area contributed by atoms with Crippen LogP contribution < -0.4 is 0 Å². The molecule has 0 bridgehead atoms. The Morgan fingerprint density at radius 1 is 1.23 bits per heavy atom. The summed E-state index contributed by atoms with van der Waals surface area (Å²) < 4.78 is 1.44. The molecule has 0 radical (unpaired) electrons. The van der Waals surface area contributed by atoms with Gasteiger partial charge in [-0.15, -0.1) is 0 Å². The molecule has 0 amide bonds. The quantitative estimate of drug-likeness (QED) is 0.291. The van der Waals surface area contributed by atoms with E-state index in [9.17, 15) is 0 Å². The number of fused-ring (bicyclic) bond motifs is 2. The van der Waals surface area contributed by atoms with Crippen LogP contribution in [0.5, 0.6) is 0 Å². The molecule has 4 unspecified atom stereocenters. The van der Waals surface area contributed by atoms with E-state index in [4.69, 9.17) is 0 Å². The Hall–Kier alpha value is -0.570. The summed E-state index contributed by atoms with van der Waals surface area (Å²) in [5, 5.41) is 0. The molecule has 140 valence electrons. The summed E-state index contributed by atoms with van der Waals surface area (Å²) in [5.74, 6) is 3.81. The Balaban J connectivity index is 1.60. The predicted molar refractivity (Wildman–Crippen MR) is 121 cm³/mol. The summed E-state index contributed by atoms with van der Waals surface area (Å²) in [6.07, 6.45) is 21.2. The summed E-state index contributed by atoms with van der Waals surface area (Å²) in [6, 6.07) is 0. The first-order valence-electron chi connectivity index (χ1n) is 10.5. The monoisotopic (exact) mass is 460 g/mol. The van der Waals surface area contributed by atoms with Gasteiger partial charge < -0.3 is 0 Å². The molecule has 5 atom stereocenters. The van der Waals surface area contributed by atoms with Gasteiger partial charge >= 0.3 is 0 Å². The summed E-state index contributed by atoms with van der Waals surface area (Å²) in [5.41, 5.74) is 5.59. The minimum Gasteiger partial charge on any atom is -0.0914 e. The molecule has 0 fully saturated rings. The maximum atomic E-state index is 2.57. The fourth-order valence-corrected chi connectivity index (χ4v) is 6.89. The second kappa shape index (κ2) is 7.11. The summed E-state index contributed by atoms with van der Waals surface area (Å²) in [4.78, 5) is 0. The van der Waals surface area contributed by atoms with E-state index in [-0.39, 0.29) is 5.41 Å². The standard InChI is InChI=1S/C25H33I/c1-5-7-17-8-6-9-20(16(17)2)18-10-12-21-22-13-11-19(26)15-24(22)25(3,4)23(21)14-18/h5-7,9,11,15-18,20,22H,8,10,12-14H2,1-4H3/b7-5-/t16?,17?,18?,20?,22-/m1/s1. The molecule has 0 spiro atoms. The number of hydrogen-bond acceptors (Lipinski definition) is 0. The third kappa shape index (κ3) is 3.02. The van der Waals surface area contributed by atoms with Crippen molar-refractivity contribution < 1.29 is 0 Å². The zero-order chi connectivity index (χ0) is 18.5. The van der Waals surface area contributed by atoms with E-state index in [0.717, 1.165) is 29.6 Å². The molecule has 0 aliphatic heterocycles. The van der Waals surface area contributed by atoms with Gasteiger partial charge in [-0.3, -0.25) is 0 Å². The van der Waals surface area contributed by atoms with Crippen molar-refractivity contribution in [2.45, 2.75) is 59.8 Å². The molecule has 0 heterocycles. The fourth-order valence-electron chi connectivity index (χ4n) is 6.30. The fraction of sp³-hybridized carbons (Fsp3) is 0.600. The highest BCUT2D eigenvalue weighted by Crippen LogP contribution is 2.59. The lowest BCUT2D eigenvalue weighted by Crippen LogP contribution is -2.30. The van der Waals surface area contributed by atoms with E-state index in [1.165, 1.54) is 35.7 Å². The molecule has 0 saturated carbocycles. The van der Waals surface area contributed by atoms with Crippen molar-refractivity contribution in [1.82, 2.24) is 0 Å². The first-order chi connectivity index (χ1) is 12.4. The van der Waals surface area contributed by atoms with Crippen LogP contribution in [-0.4, -0.2) is 0 Å². The number of rotatable bonds is 2. The van der Waals surface area contributed by atoms with Gasteiger partial charge in [0, 0.05) is 14.9 Å². The number of halogens is 1. The lowest BCUT2D eigenvalue weighted by atomic mass is 9.65. The zero-order valence-corrected chi connectivity index (χ0v) is 18.9. The average molecular weight is 460 g/mol. The molecule has 26 heavy (non-hydrogen) atoms. The summed E-state index contributed by atoms with van der Waals surface area (Å²) in [7, 11) is 0. The van der Waals surface area contributed by atoms with Crippen LogP contribution in [-0.2, 0) is 0 Å². The highest BCUT2D eigenvalue weighted by Gasteiger charge is 2.47. The van der Waals surface area contributed by atoms with Gasteiger partial charge in [-0.25, -0.2) is 0 Å². The molecule has 4 aliphatic rings. The van der Waals surface area contributed by atoms with E-state index in [1.54, 1.807) is 11.1 Å². The van der Waals surface area contributed by atoms with Crippen molar-refractivity contribution in [1.29, 1.82) is 0 Å². The van der Waals surface area contributed by atoms with Crippen molar-refractivity contribution in [3.05, 3.63) is 56.8 Å². The van der Waals surface area contributed by atoms with Crippen LogP contribution in [0.15, 0.2) is 56.8 Å². The van der Waals surface area contributed by atoms with Gasteiger partial charge in [0.15, 0.2) is 0 Å². The molecule has 0 aromatic heterocycles. The van der Waals surface area contributed by atoms with Gasteiger partial charge in [0.25, 0.3) is 0 Å². The van der Waals surface area contributed by atoms with Crippen LogP contribution in [0.2, 0.25) is 0 Å². The molecule has 0 nitrogen and oxygen atoms in total. The van der Waals surface area contributed by atoms with Crippen molar-refractivity contribution in [3.8, 4) is 0 Å². The third-order valence-electron chi connectivity index (χ3n) is 7.79. The van der Waals surface area contributed by atoms with E-state index < -0.39 is 0 Å². The summed E-state index contributed by atoms with van der Waals surface area (Å²) >= 11 is 2.51. The highest BCUT2D eigenvalue weighted by atomic mass is 127. The number of allylic oxidation sites excluding steroid dienone is 10. The van der Waals surface area contributed by atoms with Crippen LogP contribution in [0.4, 0.5) is 0 Å². The van der Waals surface area contributed by atoms with Crippen molar-refractivity contribution >= 4 is 22.6 Å². The predicted octanol–water partition coefficient (Wildman–Crippen LogP) is 7.79. The largest absolute Gasteiger partial charge is 0.0914 e. The lowest BCUT2D eigenvalue weighted by Gasteiger charge is -2.40. The second-order valence-corrected chi connectivity index (χ2v) is 10.6. The van der Waals surface area contributed by atoms with Gasteiger partial charge in [-0.05, 0) is 91.4 Å². The first kappa shape index (κ1) is 18.8. The molecule has 0 aromatic rings. The molecular weight excluding hydrogens is 427 g/mol. The van der Waals surface area contributed by atoms with Crippen LogP contribution in [0.25, 0.3) is 0 Å². The average Bonchev–Trinajstić information content (AvgIpc) is 2.84. The normalized spacial score (nSPS) is 38.9. The van der Waals surface area contributed by atoms with E-state index in [2.05, 4.69) is 86.7 Å². The van der Waals surface area contributed by atoms with Crippen LogP contribution in [0.3, 0.4) is 0 Å². The van der Waals surface area contributed by atoms with E-state index in [0.29, 0.717) is 0 Å². The smallest absolute Gasteiger partial charge is 0.00904 e. The van der Waals surface area contributed by atoms with Crippen molar-refractivity contribution in [3.63, 3.8) is 0 Å². The molecule has 0 aromatic carbocycles. The Morgan fingerprint density at radius 2 is 2.04 bits per heavy atom. The van der Waals surface area contributed by atoms with Gasteiger partial charge in [-0.1, -0.05) is 67.9 Å². The maximum absolute atomic E-state index is 2.57. The SMILES string of the molecule is C/C=C\C1CC=CC(C2CCC3=C(C2)C(C)(C)C2=CC(I)=CC[C@@H]23)C1C.